The van der Waals surface area contributed by atoms with Gasteiger partial charge >= 0.3 is 0 Å². The van der Waals surface area contributed by atoms with Crippen molar-refractivity contribution in [3.63, 3.8) is 0 Å². The molecule has 5 rings (SSSR count). The number of carbonyl (C=O) groups is 2. The van der Waals surface area contributed by atoms with Gasteiger partial charge in [-0.3, -0.25) is 9.59 Å². The molecular weight excluding hydrogens is 516 g/mol. The van der Waals surface area contributed by atoms with Gasteiger partial charge in [0.2, 0.25) is 11.9 Å². The average molecular weight is 556 g/mol. The number of aromatic nitrogens is 2. The highest BCUT2D eigenvalue weighted by molar-refractivity contribution is 6.01. The van der Waals surface area contributed by atoms with E-state index in [2.05, 4.69) is 32.3 Å². The first-order valence-corrected chi connectivity index (χ1v) is 14.3. The Balaban J connectivity index is 1.37. The number of nitrogens with one attached hydrogen (secondary N) is 2. The average Bonchev–Trinajstić information content (AvgIpc) is 3.46. The van der Waals surface area contributed by atoms with Gasteiger partial charge in [-0.15, -0.1) is 0 Å². The summed E-state index contributed by atoms with van der Waals surface area (Å²) in [7, 11) is 1.71. The molecule has 0 bridgehead atoms. The quantitative estimate of drug-likeness (QED) is 0.544. The van der Waals surface area contributed by atoms with Gasteiger partial charge in [-0.05, 0) is 52.1 Å². The van der Waals surface area contributed by atoms with E-state index in [1.807, 2.05) is 13.8 Å². The lowest BCUT2D eigenvalue weighted by molar-refractivity contribution is -0.125. The molecule has 40 heavy (non-hydrogen) atoms. The monoisotopic (exact) mass is 555 g/mol. The molecule has 2 fully saturated rings. The molecule has 2 aliphatic heterocycles. The number of piperidine rings is 1. The normalized spacial score (nSPS) is 20.4. The highest BCUT2D eigenvalue weighted by Crippen LogP contribution is 2.40. The van der Waals surface area contributed by atoms with Crippen molar-refractivity contribution in [2.45, 2.75) is 71.4 Å². The number of amides is 2. The number of carbonyl (C=O) groups excluding carboxylic acids is 2. The van der Waals surface area contributed by atoms with Crippen molar-refractivity contribution in [1.82, 2.24) is 20.2 Å². The molecule has 1 aromatic heterocycles. The fourth-order valence-electron chi connectivity index (χ4n) is 6.12. The van der Waals surface area contributed by atoms with E-state index >= 15 is 8.78 Å². The van der Waals surface area contributed by atoms with Crippen LogP contribution in [0.5, 0.6) is 0 Å². The molecule has 1 saturated heterocycles. The number of nitrogens with zero attached hydrogens (tertiary/aromatic N) is 5. The number of anilines is 4. The number of benzene rings is 1. The van der Waals surface area contributed by atoms with E-state index in [1.54, 1.807) is 18.1 Å². The topological polar surface area (TPSA) is 93.7 Å². The summed E-state index contributed by atoms with van der Waals surface area (Å²) < 4.78 is 30.2. The molecule has 1 saturated carbocycles. The van der Waals surface area contributed by atoms with Gasteiger partial charge in [0.1, 0.15) is 17.3 Å². The molecule has 2 N–H and O–H groups in total. The van der Waals surface area contributed by atoms with Crippen LogP contribution in [0, 0.1) is 17.0 Å². The summed E-state index contributed by atoms with van der Waals surface area (Å²) in [5, 5.41) is 5.64. The van der Waals surface area contributed by atoms with Crippen LogP contribution in [-0.4, -0.2) is 72.0 Å². The second-order valence-corrected chi connectivity index (χ2v) is 11.8. The molecule has 2 aromatic rings. The predicted octanol–water partition coefficient (Wildman–Crippen LogP) is 4.46. The zero-order valence-corrected chi connectivity index (χ0v) is 23.8. The number of likely N-dealkylation sites (tertiary alicyclic amines) is 1. The van der Waals surface area contributed by atoms with Gasteiger partial charge in [0.05, 0.1) is 22.9 Å². The molecule has 216 valence electrons. The highest BCUT2D eigenvalue weighted by atomic mass is 19.1. The minimum atomic E-state index is -0.832. The van der Waals surface area contributed by atoms with Crippen molar-refractivity contribution in [3.05, 3.63) is 35.5 Å². The van der Waals surface area contributed by atoms with Crippen LogP contribution in [0.1, 0.15) is 69.7 Å². The Hall–Kier alpha value is -3.34. The molecular formula is C29H39F2N7O2. The van der Waals surface area contributed by atoms with E-state index in [4.69, 9.17) is 4.98 Å². The maximum absolute atomic E-state index is 15.2. The van der Waals surface area contributed by atoms with Crippen LogP contribution in [0.4, 0.5) is 31.9 Å². The third-order valence-corrected chi connectivity index (χ3v) is 8.52. The molecule has 1 aliphatic carbocycles. The largest absolute Gasteiger partial charge is 0.351 e. The molecule has 3 heterocycles. The minimum Gasteiger partial charge on any atom is -0.351 e. The number of hydrogen-bond donors (Lipinski definition) is 2. The summed E-state index contributed by atoms with van der Waals surface area (Å²) in [6, 6.07) is 2.05. The van der Waals surface area contributed by atoms with Gasteiger partial charge in [0, 0.05) is 44.8 Å². The molecule has 2 amide bonds. The zero-order valence-electron chi connectivity index (χ0n) is 23.8. The van der Waals surface area contributed by atoms with Gasteiger partial charge in [-0.25, -0.2) is 13.8 Å². The standard InChI is InChI=1S/C29H39F2N7O2/c1-5-37-12-10-18(11-13-37)33-26(39)20-14-22(31)23(15-21(20)30)34-28-32-16-24-25(35-28)38(19-8-6-7-9-19)17-29(2,3)27(40)36(24)4/h14-16,18-19H,5-13,17H2,1-4H3,(H,33,39)(H,32,34,35). The first-order chi connectivity index (χ1) is 19.1. The van der Waals surface area contributed by atoms with Gasteiger partial charge in [0.25, 0.3) is 5.91 Å². The summed E-state index contributed by atoms with van der Waals surface area (Å²) in [5.74, 6) is -1.59. The molecule has 1 aromatic carbocycles. The van der Waals surface area contributed by atoms with Crippen molar-refractivity contribution in [1.29, 1.82) is 0 Å². The predicted molar refractivity (Wildman–Crippen MR) is 151 cm³/mol. The van der Waals surface area contributed by atoms with E-state index in [0.29, 0.717) is 18.1 Å². The van der Waals surface area contributed by atoms with Crippen LogP contribution < -0.4 is 20.4 Å². The van der Waals surface area contributed by atoms with Crippen molar-refractivity contribution < 1.29 is 18.4 Å². The Labute approximate surface area is 234 Å². The van der Waals surface area contributed by atoms with Crippen molar-refractivity contribution in [2.75, 3.05) is 48.3 Å². The summed E-state index contributed by atoms with van der Waals surface area (Å²) in [6.45, 7) is 9.12. The first kappa shape index (κ1) is 28.2. The number of hydrogen-bond acceptors (Lipinski definition) is 7. The van der Waals surface area contributed by atoms with Gasteiger partial charge < -0.3 is 25.3 Å². The second kappa shape index (κ2) is 11.3. The molecule has 0 radical (unpaired) electrons. The lowest BCUT2D eigenvalue weighted by atomic mass is 9.91. The first-order valence-electron chi connectivity index (χ1n) is 14.3. The minimum absolute atomic E-state index is 0.0311. The summed E-state index contributed by atoms with van der Waals surface area (Å²) in [5.41, 5.74) is -0.560. The molecule has 0 unspecified atom stereocenters. The number of halogens is 2. The van der Waals surface area contributed by atoms with Gasteiger partial charge in [-0.2, -0.15) is 4.98 Å². The Bertz CT molecular complexity index is 1270. The second-order valence-electron chi connectivity index (χ2n) is 11.8. The Morgan fingerprint density at radius 2 is 1.80 bits per heavy atom. The van der Waals surface area contributed by atoms with E-state index in [-0.39, 0.29) is 35.2 Å². The smallest absolute Gasteiger partial charge is 0.254 e. The lowest BCUT2D eigenvalue weighted by Gasteiger charge is -2.34. The highest BCUT2D eigenvalue weighted by Gasteiger charge is 2.41. The van der Waals surface area contributed by atoms with Gasteiger partial charge in [0.15, 0.2) is 5.82 Å². The third-order valence-electron chi connectivity index (χ3n) is 8.52. The molecule has 3 aliphatic rings. The van der Waals surface area contributed by atoms with Crippen LogP contribution in [0.2, 0.25) is 0 Å². The van der Waals surface area contributed by atoms with Crippen LogP contribution >= 0.6 is 0 Å². The van der Waals surface area contributed by atoms with E-state index in [9.17, 15) is 9.59 Å². The number of rotatable bonds is 6. The summed E-state index contributed by atoms with van der Waals surface area (Å²) in [4.78, 5) is 41.0. The Morgan fingerprint density at radius 3 is 2.48 bits per heavy atom. The third kappa shape index (κ3) is 5.61. The fraction of sp³-hybridized carbons (Fsp3) is 0.586. The van der Waals surface area contributed by atoms with E-state index in [0.717, 1.165) is 70.3 Å². The van der Waals surface area contributed by atoms with Crippen molar-refractivity contribution >= 4 is 35.0 Å². The Morgan fingerprint density at radius 1 is 1.10 bits per heavy atom. The number of fused-ring (bicyclic) bond motifs is 1. The molecule has 9 nitrogen and oxygen atoms in total. The van der Waals surface area contributed by atoms with E-state index in [1.165, 1.54) is 0 Å². The molecule has 0 spiro atoms. The molecule has 11 heteroatoms. The lowest BCUT2D eigenvalue weighted by Crippen LogP contribution is -2.45. The maximum Gasteiger partial charge on any atom is 0.254 e. The Kier molecular flexibility index (Phi) is 7.94. The zero-order chi connectivity index (χ0) is 28.6. The van der Waals surface area contributed by atoms with Crippen LogP contribution in [0.15, 0.2) is 18.3 Å². The van der Waals surface area contributed by atoms with Gasteiger partial charge in [-0.1, -0.05) is 19.8 Å². The maximum atomic E-state index is 15.2. The summed E-state index contributed by atoms with van der Waals surface area (Å²) >= 11 is 0. The van der Waals surface area contributed by atoms with Crippen molar-refractivity contribution in [3.8, 4) is 0 Å². The summed E-state index contributed by atoms with van der Waals surface area (Å²) in [6.07, 6.45) is 7.32. The van der Waals surface area contributed by atoms with Crippen molar-refractivity contribution in [2.24, 2.45) is 5.41 Å². The van der Waals surface area contributed by atoms with Crippen LogP contribution in [0.3, 0.4) is 0 Å². The SMILES string of the molecule is CCN1CCC(NC(=O)c2cc(F)c(Nc3ncc4c(n3)N(C3CCCC3)CC(C)(C)C(=O)N4C)cc2F)CC1. The van der Waals surface area contributed by atoms with Crippen LogP contribution in [0.25, 0.3) is 0 Å². The van der Waals surface area contributed by atoms with E-state index < -0.39 is 23.0 Å². The molecule has 0 atom stereocenters. The van der Waals surface area contributed by atoms with Crippen LogP contribution in [-0.2, 0) is 4.79 Å². The fourth-order valence-corrected chi connectivity index (χ4v) is 6.12.